The fraction of sp³-hybridized carbons (Fsp3) is 0.0909. The van der Waals surface area contributed by atoms with Gasteiger partial charge in [-0.2, -0.15) is 5.11 Å². The van der Waals surface area contributed by atoms with Crippen molar-refractivity contribution < 1.29 is 0 Å². The van der Waals surface area contributed by atoms with E-state index in [9.17, 15) is 0 Å². The second kappa shape index (κ2) is 7.66. The van der Waals surface area contributed by atoms with Gasteiger partial charge in [0.2, 0.25) is 0 Å². The highest BCUT2D eigenvalue weighted by Gasteiger charge is 2.09. The molecule has 0 aliphatic heterocycles. The molecule has 1 heterocycles. The van der Waals surface area contributed by atoms with Gasteiger partial charge in [-0.1, -0.05) is 72.8 Å². The molecule has 0 amide bonds. The third kappa shape index (κ3) is 3.81. The van der Waals surface area contributed by atoms with Crippen LogP contribution in [0.3, 0.4) is 0 Å². The fourth-order valence-electron chi connectivity index (χ4n) is 2.78. The first-order valence-corrected chi connectivity index (χ1v) is 8.59. The Morgan fingerprint density at radius 3 is 1.88 bits per heavy atom. The maximum Gasteiger partial charge on any atom is 0.196 e. The van der Waals surface area contributed by atoms with Gasteiger partial charge >= 0.3 is 0 Å². The molecule has 126 valence electrons. The van der Waals surface area contributed by atoms with Gasteiger partial charge in [0.25, 0.3) is 0 Å². The Kier molecular flexibility index (Phi) is 4.74. The molecule has 0 N–H and O–H groups in total. The van der Waals surface area contributed by atoms with Crippen LogP contribution in [0.15, 0.2) is 95.2 Å². The van der Waals surface area contributed by atoms with Crippen molar-refractivity contribution in [1.29, 1.82) is 0 Å². The maximum atomic E-state index is 4.78. The molecule has 1 aromatic heterocycles. The summed E-state index contributed by atoms with van der Waals surface area (Å²) < 4.78 is 0. The Morgan fingerprint density at radius 2 is 1.19 bits per heavy atom. The van der Waals surface area contributed by atoms with Crippen LogP contribution in [0.4, 0.5) is 5.82 Å². The van der Waals surface area contributed by atoms with E-state index < -0.39 is 0 Å². The van der Waals surface area contributed by atoms with E-state index in [1.807, 2.05) is 72.8 Å². The molecule has 0 radical (unpaired) electrons. The number of hydrogen-bond acceptors (Lipinski definition) is 4. The molecule has 0 aliphatic carbocycles. The molecule has 0 aliphatic rings. The summed E-state index contributed by atoms with van der Waals surface area (Å²) in [4.78, 5) is 9.46. The van der Waals surface area contributed by atoms with Crippen molar-refractivity contribution in [3.8, 4) is 0 Å². The van der Waals surface area contributed by atoms with Crippen molar-refractivity contribution in [2.45, 2.75) is 13.0 Å². The van der Waals surface area contributed by atoms with Crippen molar-refractivity contribution in [3.05, 3.63) is 102 Å². The van der Waals surface area contributed by atoms with Crippen molar-refractivity contribution in [2.75, 3.05) is 0 Å². The summed E-state index contributed by atoms with van der Waals surface area (Å²) >= 11 is 0. The number of aromatic nitrogens is 2. The highest BCUT2D eigenvalue weighted by Crippen LogP contribution is 2.22. The number of para-hydroxylation sites is 2. The van der Waals surface area contributed by atoms with Crippen LogP contribution in [0.2, 0.25) is 0 Å². The summed E-state index contributed by atoms with van der Waals surface area (Å²) in [6.07, 6.45) is 0.679. The minimum atomic E-state index is 0.528. The van der Waals surface area contributed by atoms with Gasteiger partial charge in [-0.05, 0) is 23.3 Å². The Labute approximate surface area is 152 Å². The monoisotopic (exact) mass is 338 g/mol. The second-order valence-electron chi connectivity index (χ2n) is 6.03. The van der Waals surface area contributed by atoms with Crippen LogP contribution in [0, 0.1) is 0 Å². The molecule has 0 bridgehead atoms. The smallest absolute Gasteiger partial charge is 0.196 e. The SMILES string of the molecule is c1ccc(CN=Nc2nc3ccccc3nc2Cc2ccccc2)cc1. The number of rotatable bonds is 5. The predicted octanol–water partition coefficient (Wildman–Crippen LogP) is 5.50. The zero-order valence-corrected chi connectivity index (χ0v) is 14.3. The minimum Gasteiger partial charge on any atom is -0.247 e. The van der Waals surface area contributed by atoms with E-state index >= 15 is 0 Å². The molecule has 0 fully saturated rings. The van der Waals surface area contributed by atoms with Crippen LogP contribution in [0.25, 0.3) is 11.0 Å². The lowest BCUT2D eigenvalue weighted by Gasteiger charge is -2.06. The largest absolute Gasteiger partial charge is 0.247 e. The maximum absolute atomic E-state index is 4.78. The zero-order chi connectivity index (χ0) is 17.6. The molecule has 0 spiro atoms. The third-order valence-electron chi connectivity index (χ3n) is 4.10. The van der Waals surface area contributed by atoms with Gasteiger partial charge in [-0.25, -0.2) is 9.97 Å². The summed E-state index contributed by atoms with van der Waals surface area (Å²) in [7, 11) is 0. The lowest BCUT2D eigenvalue weighted by molar-refractivity contribution is 0.930. The van der Waals surface area contributed by atoms with Crippen LogP contribution in [-0.2, 0) is 13.0 Å². The van der Waals surface area contributed by atoms with Gasteiger partial charge in [0.05, 0.1) is 23.3 Å². The summed E-state index contributed by atoms with van der Waals surface area (Å²) in [5, 5.41) is 8.74. The minimum absolute atomic E-state index is 0.528. The lowest BCUT2D eigenvalue weighted by atomic mass is 10.1. The number of hydrogen-bond donors (Lipinski definition) is 0. The van der Waals surface area contributed by atoms with E-state index in [0.717, 1.165) is 22.3 Å². The van der Waals surface area contributed by atoms with Crippen molar-refractivity contribution in [2.24, 2.45) is 10.2 Å². The van der Waals surface area contributed by atoms with E-state index in [-0.39, 0.29) is 0 Å². The number of benzene rings is 3. The van der Waals surface area contributed by atoms with Crippen LogP contribution in [-0.4, -0.2) is 9.97 Å². The summed E-state index contributed by atoms with van der Waals surface area (Å²) in [6.45, 7) is 0.528. The van der Waals surface area contributed by atoms with E-state index in [0.29, 0.717) is 18.8 Å². The number of azo groups is 1. The summed E-state index contributed by atoms with van der Waals surface area (Å²) in [5.74, 6) is 0.587. The predicted molar refractivity (Wildman–Crippen MR) is 103 cm³/mol. The van der Waals surface area contributed by atoms with E-state index in [1.165, 1.54) is 5.56 Å². The molecule has 3 aromatic carbocycles. The van der Waals surface area contributed by atoms with Crippen molar-refractivity contribution >= 4 is 16.9 Å². The van der Waals surface area contributed by atoms with Crippen LogP contribution in [0.1, 0.15) is 16.8 Å². The van der Waals surface area contributed by atoms with Gasteiger partial charge < -0.3 is 0 Å². The van der Waals surface area contributed by atoms with Gasteiger partial charge in [0.1, 0.15) is 0 Å². The van der Waals surface area contributed by atoms with Crippen molar-refractivity contribution in [3.63, 3.8) is 0 Å². The average Bonchev–Trinajstić information content (AvgIpc) is 2.70. The van der Waals surface area contributed by atoms with Gasteiger partial charge in [-0.3, -0.25) is 0 Å². The molecule has 4 aromatic rings. The van der Waals surface area contributed by atoms with Gasteiger partial charge in [0, 0.05) is 6.42 Å². The molecular weight excluding hydrogens is 320 g/mol. The zero-order valence-electron chi connectivity index (χ0n) is 14.3. The first-order valence-electron chi connectivity index (χ1n) is 8.59. The van der Waals surface area contributed by atoms with Crippen LogP contribution < -0.4 is 0 Å². The normalized spacial score (nSPS) is 11.2. The Hall–Kier alpha value is -3.40. The van der Waals surface area contributed by atoms with E-state index in [1.54, 1.807) is 0 Å². The molecular formula is C22H18N4. The Morgan fingerprint density at radius 1 is 0.615 bits per heavy atom. The Bertz CT molecular complexity index is 1030. The molecule has 0 atom stereocenters. The molecule has 4 rings (SSSR count). The third-order valence-corrected chi connectivity index (χ3v) is 4.10. The fourth-order valence-corrected chi connectivity index (χ4v) is 2.78. The molecule has 0 unspecified atom stereocenters. The molecule has 4 heteroatoms. The number of nitrogens with zero attached hydrogens (tertiary/aromatic N) is 4. The lowest BCUT2D eigenvalue weighted by Crippen LogP contribution is -1.96. The highest BCUT2D eigenvalue weighted by atomic mass is 15.2. The molecule has 0 saturated heterocycles. The molecule has 4 nitrogen and oxygen atoms in total. The van der Waals surface area contributed by atoms with Crippen LogP contribution >= 0.6 is 0 Å². The van der Waals surface area contributed by atoms with Crippen molar-refractivity contribution in [1.82, 2.24) is 9.97 Å². The summed E-state index contributed by atoms with van der Waals surface area (Å²) in [5.41, 5.74) is 4.84. The van der Waals surface area contributed by atoms with Gasteiger partial charge in [-0.15, -0.1) is 5.11 Å². The first kappa shape index (κ1) is 16.1. The summed E-state index contributed by atoms with van der Waals surface area (Å²) in [6, 6.07) is 28.2. The molecule has 26 heavy (non-hydrogen) atoms. The topological polar surface area (TPSA) is 50.5 Å². The highest BCUT2D eigenvalue weighted by molar-refractivity contribution is 5.75. The average molecular weight is 338 g/mol. The molecule has 0 saturated carbocycles. The van der Waals surface area contributed by atoms with E-state index in [2.05, 4.69) is 27.3 Å². The Balaban J connectivity index is 1.67. The second-order valence-corrected chi connectivity index (χ2v) is 6.03. The van der Waals surface area contributed by atoms with Gasteiger partial charge in [0.15, 0.2) is 5.82 Å². The standard InChI is InChI=1S/C22H18N4/c1-3-9-17(10-4-1)15-21-22(25-20-14-8-7-13-19(20)24-21)26-23-16-18-11-5-2-6-12-18/h1-14H,15-16H2. The van der Waals surface area contributed by atoms with E-state index in [4.69, 9.17) is 4.98 Å². The first-order chi connectivity index (χ1) is 12.9. The quantitative estimate of drug-likeness (QED) is 0.451. The number of fused-ring (bicyclic) bond motifs is 1. The van der Waals surface area contributed by atoms with Crippen LogP contribution in [0.5, 0.6) is 0 Å².